The van der Waals surface area contributed by atoms with E-state index in [2.05, 4.69) is 0 Å². The number of fused-ring (bicyclic) bond motifs is 1. The van der Waals surface area contributed by atoms with Crippen LogP contribution in [0.25, 0.3) is 0 Å². The second-order valence-electron chi connectivity index (χ2n) is 3.77. The number of rotatable bonds is 2. The summed E-state index contributed by atoms with van der Waals surface area (Å²) in [4.78, 5) is 0. The van der Waals surface area contributed by atoms with Crippen LogP contribution in [0.1, 0.15) is 22.1 Å². The van der Waals surface area contributed by atoms with Gasteiger partial charge in [0, 0.05) is 7.11 Å². The highest BCUT2D eigenvalue weighted by Gasteiger charge is 2.54. The van der Waals surface area contributed by atoms with Crippen molar-refractivity contribution >= 4 is 0 Å². The van der Waals surface area contributed by atoms with Crippen LogP contribution in [-0.2, 0) is 18.9 Å². The van der Waals surface area contributed by atoms with Crippen LogP contribution < -0.4 is 0 Å². The Morgan fingerprint density at radius 2 is 2.06 bits per heavy atom. The lowest BCUT2D eigenvalue weighted by atomic mass is 9.99. The molecule has 0 bridgehead atoms. The minimum Gasteiger partial charge on any atom is -0.394 e. The van der Waals surface area contributed by atoms with Crippen molar-refractivity contribution in [2.45, 2.75) is 50.2 Å². The molecule has 0 aromatic carbocycles. The molecule has 2 rings (SSSR count). The first-order chi connectivity index (χ1) is 9.56. The van der Waals surface area contributed by atoms with Crippen LogP contribution in [0, 0.1) is 0 Å². The summed E-state index contributed by atoms with van der Waals surface area (Å²) in [6.07, 6.45) is -14.4. The monoisotopic (exact) mass is 240 g/mol. The fraction of sp³-hybridized carbons (Fsp3) is 1.00. The van der Waals surface area contributed by atoms with Crippen LogP contribution in [0.2, 0.25) is 0 Å². The number of hydrogen-bond donors (Lipinski definition) is 2. The third-order valence-corrected chi connectivity index (χ3v) is 2.10. The lowest BCUT2D eigenvalue weighted by Gasteiger charge is -2.38. The molecule has 0 unspecified atom stereocenters. The van der Waals surface area contributed by atoms with E-state index < -0.39 is 43.0 Å². The quantitative estimate of drug-likeness (QED) is 0.660. The molecule has 0 saturated carbocycles. The van der Waals surface area contributed by atoms with Gasteiger partial charge >= 0.3 is 0 Å². The Morgan fingerprint density at radius 3 is 2.62 bits per heavy atom. The summed E-state index contributed by atoms with van der Waals surface area (Å²) < 4.78 is 66.9. The molecule has 2 aliphatic heterocycles. The van der Waals surface area contributed by atoms with Gasteiger partial charge in [-0.2, -0.15) is 0 Å². The predicted molar refractivity (Wildman–Crippen MR) is 52.6 cm³/mol. The minimum absolute atomic E-state index is 0.941. The number of methoxy groups -OCH3 is 1. The molecule has 2 fully saturated rings. The highest BCUT2D eigenvalue weighted by Crippen LogP contribution is 2.37. The van der Waals surface area contributed by atoms with Gasteiger partial charge in [-0.3, -0.25) is 0 Å². The van der Waals surface area contributed by atoms with Crippen LogP contribution in [0.5, 0.6) is 0 Å². The molecule has 5 atom stereocenters. The van der Waals surface area contributed by atoms with Crippen LogP contribution in [-0.4, -0.2) is 60.3 Å². The molecule has 0 amide bonds. The van der Waals surface area contributed by atoms with E-state index in [4.69, 9.17) is 27.2 Å². The Balaban J connectivity index is 2.69. The molecule has 0 radical (unpaired) electrons. The fourth-order valence-electron chi connectivity index (χ4n) is 1.47. The molecule has 6 nitrogen and oxygen atoms in total. The lowest BCUT2D eigenvalue weighted by molar-refractivity contribution is -0.272. The Hall–Kier alpha value is -0.240. The zero-order chi connectivity index (χ0) is 17.4. The van der Waals surface area contributed by atoms with Gasteiger partial charge in [0.2, 0.25) is 0 Å². The Bertz CT molecular complexity index is 483. The van der Waals surface area contributed by atoms with Crippen molar-refractivity contribution in [2.24, 2.45) is 0 Å². The zero-order valence-corrected chi connectivity index (χ0v) is 9.10. The average molecular weight is 240 g/mol. The molecule has 0 aromatic rings. The van der Waals surface area contributed by atoms with E-state index in [1.54, 1.807) is 0 Å². The number of aliphatic hydroxyl groups is 2. The van der Waals surface area contributed by atoms with Crippen LogP contribution in [0.3, 0.4) is 0 Å². The largest absolute Gasteiger partial charge is 0.394 e. The molecule has 6 heteroatoms. The van der Waals surface area contributed by atoms with Crippen molar-refractivity contribution in [1.29, 1.82) is 0 Å². The Labute approximate surface area is 102 Å². The molecule has 94 valence electrons. The van der Waals surface area contributed by atoms with Gasteiger partial charge in [0.1, 0.15) is 24.3 Å². The molecular weight excluding hydrogens is 216 g/mol. The molecular formula is C10H18O6. The summed E-state index contributed by atoms with van der Waals surface area (Å²) >= 11 is 0. The number of hydrogen-bond acceptors (Lipinski definition) is 6. The second-order valence-corrected chi connectivity index (χ2v) is 3.77. The molecule has 0 aliphatic carbocycles. The first kappa shape index (κ1) is 6.63. The van der Waals surface area contributed by atoms with Crippen molar-refractivity contribution < 1.29 is 37.4 Å². The highest BCUT2D eigenvalue weighted by molar-refractivity contribution is 4.95. The molecule has 2 aliphatic rings. The summed E-state index contributed by atoms with van der Waals surface area (Å²) in [7, 11) is 0.941. The maximum Gasteiger partial charge on any atom is 0.186 e. The Kier molecular flexibility index (Phi) is 1.74. The molecule has 0 spiro atoms. The van der Waals surface area contributed by atoms with Gasteiger partial charge in [0.15, 0.2) is 12.1 Å². The van der Waals surface area contributed by atoms with Gasteiger partial charge in [-0.25, -0.2) is 0 Å². The summed E-state index contributed by atoms with van der Waals surface area (Å²) in [6, 6.07) is 0. The van der Waals surface area contributed by atoms with E-state index in [0.29, 0.717) is 0 Å². The highest BCUT2D eigenvalue weighted by atomic mass is 16.8. The van der Waals surface area contributed by atoms with Gasteiger partial charge in [-0.15, -0.1) is 0 Å². The average Bonchev–Trinajstić information content (AvgIpc) is 2.51. The third-order valence-electron chi connectivity index (χ3n) is 2.10. The van der Waals surface area contributed by atoms with Crippen LogP contribution in [0.15, 0.2) is 0 Å². The smallest absolute Gasteiger partial charge is 0.186 e. The second kappa shape index (κ2) is 4.21. The van der Waals surface area contributed by atoms with Gasteiger partial charge in [0.05, 0.1) is 14.8 Å². The summed E-state index contributed by atoms with van der Waals surface area (Å²) in [5.41, 5.74) is 0. The topological polar surface area (TPSA) is 77.4 Å². The lowest BCUT2D eigenvalue weighted by Crippen LogP contribution is -2.57. The molecule has 2 N–H and O–H groups in total. The molecule has 2 saturated heterocycles. The molecule has 0 aromatic heterocycles. The van der Waals surface area contributed by atoms with Gasteiger partial charge in [-0.1, -0.05) is 0 Å². The maximum absolute atomic E-state index is 10.3. The van der Waals surface area contributed by atoms with Crippen molar-refractivity contribution in [1.82, 2.24) is 0 Å². The third kappa shape index (κ3) is 1.97. The van der Waals surface area contributed by atoms with Crippen molar-refractivity contribution in [3.63, 3.8) is 0 Å². The normalized spacial score (nSPS) is 71.4. The van der Waals surface area contributed by atoms with E-state index in [1.807, 2.05) is 0 Å². The molecule has 2 heterocycles. The van der Waals surface area contributed by atoms with E-state index in [9.17, 15) is 10.2 Å². The van der Waals surface area contributed by atoms with E-state index in [-0.39, 0.29) is 0 Å². The first-order valence-corrected chi connectivity index (χ1v) is 4.64. The number of ether oxygens (including phenoxy) is 4. The van der Waals surface area contributed by atoms with E-state index >= 15 is 0 Å². The van der Waals surface area contributed by atoms with E-state index in [1.165, 1.54) is 13.8 Å². The minimum atomic E-state index is -3.31. The summed E-state index contributed by atoms with van der Waals surface area (Å²) in [5, 5.41) is 19.8. The SMILES string of the molecule is [2H]C([2H])(O)[C@H]1O[C@]([2H])(OC)[C@@]2([2H])OC(C)(C)O[C@@]2([2H])[C@]1([2H])O. The van der Waals surface area contributed by atoms with Crippen LogP contribution >= 0.6 is 0 Å². The van der Waals surface area contributed by atoms with Crippen molar-refractivity contribution in [3.05, 3.63) is 0 Å². The van der Waals surface area contributed by atoms with Gasteiger partial charge in [-0.05, 0) is 13.8 Å². The van der Waals surface area contributed by atoms with Crippen molar-refractivity contribution in [3.8, 4) is 0 Å². The van der Waals surface area contributed by atoms with Crippen LogP contribution in [0.4, 0.5) is 0 Å². The molecule has 16 heavy (non-hydrogen) atoms. The van der Waals surface area contributed by atoms with Gasteiger partial charge < -0.3 is 29.2 Å². The van der Waals surface area contributed by atoms with E-state index in [0.717, 1.165) is 7.11 Å². The fourth-order valence-corrected chi connectivity index (χ4v) is 1.47. The maximum atomic E-state index is 10.3. The predicted octanol–water partition coefficient (Wildman–Crippen LogP) is -0.769. The summed E-state index contributed by atoms with van der Waals surface area (Å²) in [6.45, 7) is -0.744. The van der Waals surface area contributed by atoms with Gasteiger partial charge in [0.25, 0.3) is 0 Å². The first-order valence-electron chi connectivity index (χ1n) is 7.64. The van der Waals surface area contributed by atoms with Crippen molar-refractivity contribution in [2.75, 3.05) is 13.7 Å². The summed E-state index contributed by atoms with van der Waals surface area (Å²) in [5.74, 6) is -1.66. The zero-order valence-electron chi connectivity index (χ0n) is 15.1. The Morgan fingerprint density at radius 1 is 1.44 bits per heavy atom. The standard InChI is InChI=1S/C10H18O6/c1-10(2)15-7-6(12)5(4-11)14-9(13-3)8(7)16-10/h5-9,11-12H,4H2,1-3H3/t5-,6-,7+,8+,9+/m1/s1/i4D2,6D,7D,8D,9D.